The van der Waals surface area contributed by atoms with Crippen molar-refractivity contribution < 1.29 is 4.42 Å². The molecular formula is C67H41NO. The van der Waals surface area contributed by atoms with Crippen molar-refractivity contribution in [3.8, 4) is 55.6 Å². The van der Waals surface area contributed by atoms with Crippen LogP contribution in [0.4, 0.5) is 17.1 Å². The molecule has 2 heteroatoms. The molecule has 2 aliphatic carbocycles. The van der Waals surface area contributed by atoms with E-state index in [0.29, 0.717) is 0 Å². The largest absolute Gasteiger partial charge is 0.455 e. The van der Waals surface area contributed by atoms with E-state index in [9.17, 15) is 0 Å². The van der Waals surface area contributed by atoms with Crippen LogP contribution in [0.1, 0.15) is 22.3 Å². The molecule has 1 aromatic heterocycles. The fourth-order valence-corrected chi connectivity index (χ4v) is 12.3. The maximum Gasteiger partial charge on any atom is 0.144 e. The van der Waals surface area contributed by atoms with Crippen LogP contribution in [0.15, 0.2) is 253 Å². The topological polar surface area (TPSA) is 16.4 Å². The standard InChI is InChI=1S/C67H41NO/c1-3-15-42(16-4-1)44-27-33-47(34-28-44)68(48-35-29-45(30-36-48)43-17-5-2-6-18-43)49-37-31-46(32-38-49)50-39-40-55-51-19-7-8-20-52(51)57-41-61-62(66-64(57)63(55)65(50)69-66)56-23-11-14-26-60(56)67(61)58-24-12-9-21-53(58)54-22-10-13-25-59(54)67/h1-41H. The molecule has 0 saturated carbocycles. The van der Waals surface area contributed by atoms with Crippen LogP contribution in [0.25, 0.3) is 99.1 Å². The predicted molar refractivity (Wildman–Crippen MR) is 287 cm³/mol. The lowest BCUT2D eigenvalue weighted by Gasteiger charge is -2.30. The van der Waals surface area contributed by atoms with Crippen molar-refractivity contribution >= 4 is 60.5 Å². The predicted octanol–water partition coefficient (Wildman–Crippen LogP) is 18.1. The first-order valence-electron chi connectivity index (χ1n) is 23.9. The Morgan fingerprint density at radius 3 is 1.25 bits per heavy atom. The number of hydrogen-bond acceptors (Lipinski definition) is 2. The maximum absolute atomic E-state index is 7.55. The van der Waals surface area contributed by atoms with E-state index >= 15 is 0 Å². The monoisotopic (exact) mass is 875 g/mol. The van der Waals surface area contributed by atoms with Gasteiger partial charge in [0, 0.05) is 39.0 Å². The van der Waals surface area contributed by atoms with Crippen LogP contribution >= 0.6 is 0 Å². The molecule has 13 aromatic rings. The van der Waals surface area contributed by atoms with E-state index in [1.54, 1.807) is 0 Å². The molecule has 0 radical (unpaired) electrons. The molecule has 0 aliphatic heterocycles. The van der Waals surface area contributed by atoms with Gasteiger partial charge in [0.2, 0.25) is 0 Å². The van der Waals surface area contributed by atoms with Crippen LogP contribution < -0.4 is 4.90 Å². The summed E-state index contributed by atoms with van der Waals surface area (Å²) in [6, 6.07) is 91.2. The molecule has 12 aromatic carbocycles. The highest BCUT2D eigenvalue weighted by atomic mass is 16.3. The number of furan rings is 1. The van der Waals surface area contributed by atoms with Gasteiger partial charge in [-0.05, 0) is 137 Å². The molecule has 0 N–H and O–H groups in total. The first-order valence-corrected chi connectivity index (χ1v) is 23.9. The Hall–Kier alpha value is -8.98. The Labute approximate surface area is 400 Å². The zero-order valence-electron chi connectivity index (χ0n) is 37.5. The summed E-state index contributed by atoms with van der Waals surface area (Å²) >= 11 is 0. The summed E-state index contributed by atoms with van der Waals surface area (Å²) in [4.78, 5) is 2.35. The molecule has 0 bridgehead atoms. The number of benzene rings is 12. The minimum Gasteiger partial charge on any atom is -0.455 e. The van der Waals surface area contributed by atoms with Gasteiger partial charge in [-0.3, -0.25) is 0 Å². The second kappa shape index (κ2) is 14.5. The van der Waals surface area contributed by atoms with Crippen molar-refractivity contribution in [2.45, 2.75) is 5.41 Å². The molecule has 0 amide bonds. The summed E-state index contributed by atoms with van der Waals surface area (Å²) in [7, 11) is 0. The Balaban J connectivity index is 0.925. The number of fused-ring (bicyclic) bond motifs is 14. The highest BCUT2D eigenvalue weighted by Gasteiger charge is 2.52. The summed E-state index contributed by atoms with van der Waals surface area (Å²) in [5.74, 6) is 0. The number of anilines is 3. The molecular weight excluding hydrogens is 835 g/mol. The van der Waals surface area contributed by atoms with Crippen LogP contribution in [0.3, 0.4) is 0 Å². The molecule has 0 atom stereocenters. The SMILES string of the molecule is c1ccc(-c2ccc(N(c3ccc(-c4ccccc4)cc3)c3ccc(-c4ccc5c6ccccc6c6cc7c(c8oc4c5c86)-c4ccccc4C74c5ccccc5-c5ccccc54)cc3)cc2)cc1. The zero-order valence-corrected chi connectivity index (χ0v) is 37.5. The molecule has 1 heterocycles. The van der Waals surface area contributed by atoms with Crippen molar-refractivity contribution in [2.24, 2.45) is 0 Å². The van der Waals surface area contributed by atoms with Gasteiger partial charge in [-0.25, -0.2) is 0 Å². The van der Waals surface area contributed by atoms with Crippen molar-refractivity contribution in [3.63, 3.8) is 0 Å². The number of nitrogens with zero attached hydrogens (tertiary/aromatic N) is 1. The second-order valence-corrected chi connectivity index (χ2v) is 18.7. The first-order chi connectivity index (χ1) is 34.2. The fraction of sp³-hybridized carbons (Fsp3) is 0.0149. The maximum atomic E-state index is 7.55. The van der Waals surface area contributed by atoms with E-state index in [-0.39, 0.29) is 0 Å². The molecule has 15 rings (SSSR count). The van der Waals surface area contributed by atoms with Crippen LogP contribution in [-0.4, -0.2) is 0 Å². The van der Waals surface area contributed by atoms with Crippen LogP contribution in [0, 0.1) is 0 Å². The van der Waals surface area contributed by atoms with E-state index < -0.39 is 5.41 Å². The molecule has 2 nitrogen and oxygen atoms in total. The Kier molecular flexibility index (Phi) is 8.02. The van der Waals surface area contributed by atoms with Gasteiger partial charge in [-0.15, -0.1) is 0 Å². The number of rotatable bonds is 6. The fourth-order valence-electron chi connectivity index (χ4n) is 12.3. The van der Waals surface area contributed by atoms with Crippen molar-refractivity contribution in [3.05, 3.63) is 271 Å². The summed E-state index contributed by atoms with van der Waals surface area (Å²) < 4.78 is 7.55. The molecule has 0 fully saturated rings. The average molecular weight is 876 g/mol. The van der Waals surface area contributed by atoms with Gasteiger partial charge in [0.1, 0.15) is 11.2 Å². The van der Waals surface area contributed by atoms with Gasteiger partial charge >= 0.3 is 0 Å². The summed E-state index contributed by atoms with van der Waals surface area (Å²) in [6.07, 6.45) is 0. The molecule has 0 unspecified atom stereocenters. The summed E-state index contributed by atoms with van der Waals surface area (Å²) in [5, 5.41) is 7.33. The number of hydrogen-bond donors (Lipinski definition) is 0. The lowest BCUT2D eigenvalue weighted by molar-refractivity contribution is 0.670. The van der Waals surface area contributed by atoms with Crippen molar-refractivity contribution in [1.29, 1.82) is 0 Å². The van der Waals surface area contributed by atoms with E-state index in [4.69, 9.17) is 4.42 Å². The van der Waals surface area contributed by atoms with Gasteiger partial charge in [-0.2, -0.15) is 0 Å². The van der Waals surface area contributed by atoms with E-state index in [1.165, 1.54) is 99.1 Å². The van der Waals surface area contributed by atoms with Crippen LogP contribution in [-0.2, 0) is 5.41 Å². The third-order valence-electron chi connectivity index (χ3n) is 15.3. The molecule has 2 aliphatic rings. The Morgan fingerprint density at radius 1 is 0.275 bits per heavy atom. The van der Waals surface area contributed by atoms with Crippen molar-refractivity contribution in [1.82, 2.24) is 0 Å². The zero-order chi connectivity index (χ0) is 45.2. The minimum absolute atomic E-state index is 0.480. The highest BCUT2D eigenvalue weighted by Crippen LogP contribution is 2.65. The van der Waals surface area contributed by atoms with Crippen LogP contribution in [0.5, 0.6) is 0 Å². The van der Waals surface area contributed by atoms with Gasteiger partial charge in [-0.1, -0.05) is 200 Å². The Morgan fingerprint density at radius 2 is 0.696 bits per heavy atom. The summed E-state index contributed by atoms with van der Waals surface area (Å²) in [6.45, 7) is 0. The van der Waals surface area contributed by atoms with Gasteiger partial charge < -0.3 is 9.32 Å². The minimum atomic E-state index is -0.480. The highest BCUT2D eigenvalue weighted by molar-refractivity contribution is 6.36. The van der Waals surface area contributed by atoms with E-state index in [2.05, 4.69) is 254 Å². The molecule has 0 saturated heterocycles. The quantitative estimate of drug-likeness (QED) is 0.155. The normalized spacial score (nSPS) is 13.0. The molecule has 69 heavy (non-hydrogen) atoms. The van der Waals surface area contributed by atoms with Crippen LogP contribution in [0.2, 0.25) is 0 Å². The van der Waals surface area contributed by atoms with Gasteiger partial charge in [0.05, 0.1) is 5.41 Å². The third-order valence-corrected chi connectivity index (χ3v) is 15.3. The lowest BCUT2D eigenvalue weighted by Crippen LogP contribution is -2.25. The third kappa shape index (κ3) is 5.31. The average Bonchev–Trinajstić information content (AvgIpc) is 4.07. The second-order valence-electron chi connectivity index (χ2n) is 18.7. The van der Waals surface area contributed by atoms with Gasteiger partial charge in [0.25, 0.3) is 0 Å². The van der Waals surface area contributed by atoms with Gasteiger partial charge in [0.15, 0.2) is 0 Å². The lowest BCUT2D eigenvalue weighted by atomic mass is 9.70. The first kappa shape index (κ1) is 38.2. The van der Waals surface area contributed by atoms with Crippen molar-refractivity contribution in [2.75, 3.05) is 4.90 Å². The Bertz CT molecular complexity index is 4020. The molecule has 1 spiro atoms. The smallest absolute Gasteiger partial charge is 0.144 e. The van der Waals surface area contributed by atoms with E-state index in [1.807, 2.05) is 0 Å². The molecule has 320 valence electrons. The van der Waals surface area contributed by atoms with E-state index in [0.717, 1.165) is 39.4 Å². The summed E-state index contributed by atoms with van der Waals surface area (Å²) in [5.41, 5.74) is 21.9.